The van der Waals surface area contributed by atoms with E-state index in [-0.39, 0.29) is 5.41 Å². The predicted molar refractivity (Wildman–Crippen MR) is 56.3 cm³/mol. The third kappa shape index (κ3) is 2.70. The molecule has 2 aliphatic rings. The maximum absolute atomic E-state index is 9.27. The number of hydrogen-bond donors (Lipinski definition) is 0. The zero-order valence-electron chi connectivity index (χ0n) is 9.21. The summed E-state index contributed by atoms with van der Waals surface area (Å²) in [5.74, 6) is 0. The average molecular weight is 209 g/mol. The van der Waals surface area contributed by atoms with Crippen LogP contribution in [0.3, 0.4) is 0 Å². The molecule has 0 aromatic carbocycles. The molecular formula is C12H19NO2. The molecule has 0 amide bonds. The lowest BCUT2D eigenvalue weighted by molar-refractivity contribution is 0.0259. The maximum Gasteiger partial charge on any atom is 0.0691 e. The number of nitriles is 1. The molecule has 0 bridgehead atoms. The van der Waals surface area contributed by atoms with Crippen LogP contribution in [0.25, 0.3) is 0 Å². The summed E-state index contributed by atoms with van der Waals surface area (Å²) in [5.41, 5.74) is -0.121. The van der Waals surface area contributed by atoms with Gasteiger partial charge in [0, 0.05) is 19.8 Å². The van der Waals surface area contributed by atoms with E-state index >= 15 is 0 Å². The van der Waals surface area contributed by atoms with E-state index in [2.05, 4.69) is 6.07 Å². The zero-order chi connectivity index (χ0) is 10.6. The van der Waals surface area contributed by atoms with Gasteiger partial charge in [0.05, 0.1) is 17.6 Å². The summed E-state index contributed by atoms with van der Waals surface area (Å²) in [6, 6.07) is 2.51. The lowest BCUT2D eigenvalue weighted by Crippen LogP contribution is -2.29. The van der Waals surface area contributed by atoms with Crippen LogP contribution < -0.4 is 0 Å². The molecule has 3 heteroatoms. The lowest BCUT2D eigenvalue weighted by atomic mass is 9.77. The van der Waals surface area contributed by atoms with Crippen molar-refractivity contribution in [2.75, 3.05) is 19.8 Å². The van der Waals surface area contributed by atoms with E-state index in [1.165, 1.54) is 12.8 Å². The number of ether oxygens (including phenoxy) is 2. The summed E-state index contributed by atoms with van der Waals surface area (Å²) in [5, 5.41) is 9.27. The molecule has 2 fully saturated rings. The third-order valence-electron chi connectivity index (χ3n) is 3.66. The molecular weight excluding hydrogens is 190 g/mol. The molecule has 0 radical (unpaired) electrons. The quantitative estimate of drug-likeness (QED) is 0.716. The first kappa shape index (κ1) is 10.9. The fourth-order valence-corrected chi connectivity index (χ4v) is 2.49. The van der Waals surface area contributed by atoms with Crippen molar-refractivity contribution >= 4 is 0 Å². The molecule has 2 rings (SSSR count). The van der Waals surface area contributed by atoms with Crippen LogP contribution in [0.2, 0.25) is 0 Å². The summed E-state index contributed by atoms with van der Waals surface area (Å²) in [7, 11) is 0. The molecule has 0 spiro atoms. The highest BCUT2D eigenvalue weighted by atomic mass is 16.5. The molecule has 15 heavy (non-hydrogen) atoms. The van der Waals surface area contributed by atoms with Crippen LogP contribution in [-0.2, 0) is 9.47 Å². The zero-order valence-corrected chi connectivity index (χ0v) is 9.21. The Morgan fingerprint density at radius 1 is 1.27 bits per heavy atom. The van der Waals surface area contributed by atoms with Crippen molar-refractivity contribution in [2.45, 2.75) is 44.6 Å². The molecule has 2 heterocycles. The van der Waals surface area contributed by atoms with Crippen molar-refractivity contribution in [1.82, 2.24) is 0 Å². The highest BCUT2D eigenvalue weighted by Crippen LogP contribution is 2.36. The number of rotatable bonds is 3. The Bertz CT molecular complexity index is 234. The summed E-state index contributed by atoms with van der Waals surface area (Å²) in [4.78, 5) is 0. The van der Waals surface area contributed by atoms with Crippen LogP contribution in [0.5, 0.6) is 0 Å². The van der Waals surface area contributed by atoms with E-state index in [0.29, 0.717) is 6.10 Å². The standard InChI is InChI=1S/C12H19NO2/c13-10-12(5-8-14-9-6-12)4-3-11-2-1-7-15-11/h11H,1-9H2. The van der Waals surface area contributed by atoms with Crippen LogP contribution >= 0.6 is 0 Å². The fourth-order valence-electron chi connectivity index (χ4n) is 2.49. The Morgan fingerprint density at radius 2 is 2.07 bits per heavy atom. The van der Waals surface area contributed by atoms with Gasteiger partial charge in [-0.25, -0.2) is 0 Å². The van der Waals surface area contributed by atoms with Crippen LogP contribution in [0, 0.1) is 16.7 Å². The monoisotopic (exact) mass is 209 g/mol. The van der Waals surface area contributed by atoms with Gasteiger partial charge in [-0.1, -0.05) is 0 Å². The Labute approximate surface area is 91.4 Å². The largest absolute Gasteiger partial charge is 0.381 e. The summed E-state index contributed by atoms with van der Waals surface area (Å²) in [6.45, 7) is 2.41. The topological polar surface area (TPSA) is 42.2 Å². The second-order valence-corrected chi connectivity index (χ2v) is 4.68. The van der Waals surface area contributed by atoms with E-state index in [9.17, 15) is 5.26 Å². The molecule has 3 nitrogen and oxygen atoms in total. The van der Waals surface area contributed by atoms with Crippen molar-refractivity contribution in [3.05, 3.63) is 0 Å². The average Bonchev–Trinajstić information content (AvgIpc) is 2.81. The van der Waals surface area contributed by atoms with Gasteiger partial charge in [-0.3, -0.25) is 0 Å². The molecule has 0 aromatic heterocycles. The van der Waals surface area contributed by atoms with E-state index in [1.807, 2.05) is 0 Å². The molecule has 1 atom stereocenters. The van der Waals surface area contributed by atoms with Crippen molar-refractivity contribution in [3.63, 3.8) is 0 Å². The summed E-state index contributed by atoms with van der Waals surface area (Å²) in [6.07, 6.45) is 6.61. The molecule has 0 N–H and O–H groups in total. The second kappa shape index (κ2) is 4.96. The van der Waals surface area contributed by atoms with Crippen LogP contribution in [0.4, 0.5) is 0 Å². The minimum Gasteiger partial charge on any atom is -0.381 e. The van der Waals surface area contributed by atoms with Crippen LogP contribution in [-0.4, -0.2) is 25.9 Å². The third-order valence-corrected chi connectivity index (χ3v) is 3.66. The van der Waals surface area contributed by atoms with Crippen molar-refractivity contribution in [3.8, 4) is 6.07 Å². The predicted octanol–water partition coefficient (Wildman–Crippen LogP) is 2.27. The summed E-state index contributed by atoms with van der Waals surface area (Å²) >= 11 is 0. The molecule has 0 saturated carbocycles. The smallest absolute Gasteiger partial charge is 0.0691 e. The first-order chi connectivity index (χ1) is 7.35. The van der Waals surface area contributed by atoms with Gasteiger partial charge in [-0.15, -0.1) is 0 Å². The molecule has 84 valence electrons. The van der Waals surface area contributed by atoms with E-state index < -0.39 is 0 Å². The molecule has 0 aliphatic carbocycles. The van der Waals surface area contributed by atoms with Crippen LogP contribution in [0.1, 0.15) is 38.5 Å². The SMILES string of the molecule is N#CC1(CCC2CCCO2)CCOCC1. The highest BCUT2D eigenvalue weighted by Gasteiger charge is 2.33. The number of nitrogens with zero attached hydrogens (tertiary/aromatic N) is 1. The maximum atomic E-state index is 9.27. The van der Waals surface area contributed by atoms with Gasteiger partial charge in [-0.05, 0) is 38.5 Å². The van der Waals surface area contributed by atoms with E-state index in [1.54, 1.807) is 0 Å². The number of hydrogen-bond acceptors (Lipinski definition) is 3. The molecule has 1 unspecified atom stereocenters. The van der Waals surface area contributed by atoms with Gasteiger partial charge in [-0.2, -0.15) is 5.26 Å². The molecule has 0 aromatic rings. The Kier molecular flexibility index (Phi) is 3.61. The van der Waals surface area contributed by atoms with Crippen molar-refractivity contribution in [2.24, 2.45) is 5.41 Å². The van der Waals surface area contributed by atoms with E-state index in [0.717, 1.165) is 45.5 Å². The fraction of sp³-hybridized carbons (Fsp3) is 0.917. The van der Waals surface area contributed by atoms with Gasteiger partial charge in [0.25, 0.3) is 0 Å². The minimum absolute atomic E-state index is 0.121. The van der Waals surface area contributed by atoms with Gasteiger partial charge in [0.2, 0.25) is 0 Å². The Morgan fingerprint density at radius 3 is 2.67 bits per heavy atom. The van der Waals surface area contributed by atoms with Crippen LogP contribution in [0.15, 0.2) is 0 Å². The summed E-state index contributed by atoms with van der Waals surface area (Å²) < 4.78 is 10.9. The normalized spacial score (nSPS) is 29.9. The van der Waals surface area contributed by atoms with Gasteiger partial charge < -0.3 is 9.47 Å². The van der Waals surface area contributed by atoms with E-state index in [4.69, 9.17) is 9.47 Å². The highest BCUT2D eigenvalue weighted by molar-refractivity contribution is 5.00. The lowest BCUT2D eigenvalue weighted by Gasteiger charge is -2.31. The first-order valence-corrected chi connectivity index (χ1v) is 5.95. The molecule has 2 saturated heterocycles. The Balaban J connectivity index is 1.81. The minimum atomic E-state index is -0.121. The first-order valence-electron chi connectivity index (χ1n) is 5.95. The Hall–Kier alpha value is -0.590. The second-order valence-electron chi connectivity index (χ2n) is 4.68. The van der Waals surface area contributed by atoms with Crippen molar-refractivity contribution < 1.29 is 9.47 Å². The molecule has 2 aliphatic heterocycles. The van der Waals surface area contributed by atoms with Gasteiger partial charge in [0.15, 0.2) is 0 Å². The van der Waals surface area contributed by atoms with Crippen molar-refractivity contribution in [1.29, 1.82) is 5.26 Å². The van der Waals surface area contributed by atoms with Gasteiger partial charge in [0.1, 0.15) is 0 Å². The van der Waals surface area contributed by atoms with Gasteiger partial charge >= 0.3 is 0 Å².